The predicted octanol–water partition coefficient (Wildman–Crippen LogP) is 2.62. The van der Waals surface area contributed by atoms with Gasteiger partial charge in [-0.1, -0.05) is 23.8 Å². The van der Waals surface area contributed by atoms with Gasteiger partial charge in [0.2, 0.25) is 0 Å². The molecule has 0 fully saturated rings. The summed E-state index contributed by atoms with van der Waals surface area (Å²) in [5, 5.41) is 0. The second kappa shape index (κ2) is 7.43. The van der Waals surface area contributed by atoms with E-state index in [0.29, 0.717) is 0 Å². The molecule has 1 atom stereocenters. The average Bonchev–Trinajstić information content (AvgIpc) is 2.33. The van der Waals surface area contributed by atoms with Gasteiger partial charge in [0.1, 0.15) is 0 Å². The van der Waals surface area contributed by atoms with Crippen molar-refractivity contribution in [3.05, 3.63) is 34.9 Å². The third-order valence-electron chi connectivity index (χ3n) is 3.00. The van der Waals surface area contributed by atoms with E-state index in [-0.39, 0.29) is 6.04 Å². The minimum absolute atomic E-state index is 0.218. The molecule has 0 aliphatic rings. The van der Waals surface area contributed by atoms with Crippen molar-refractivity contribution in [2.45, 2.75) is 39.7 Å². The highest BCUT2D eigenvalue weighted by molar-refractivity contribution is 5.32. The summed E-state index contributed by atoms with van der Waals surface area (Å²) in [4.78, 5) is 0. The van der Waals surface area contributed by atoms with E-state index in [1.165, 1.54) is 16.7 Å². The summed E-state index contributed by atoms with van der Waals surface area (Å²) >= 11 is 0. The first-order valence-electron chi connectivity index (χ1n) is 6.30. The molecular formula is C14H24N2O. The maximum atomic E-state index is 5.65. The first-order valence-corrected chi connectivity index (χ1v) is 6.30. The Hall–Kier alpha value is -0.900. The van der Waals surface area contributed by atoms with Gasteiger partial charge in [-0.05, 0) is 44.7 Å². The highest BCUT2D eigenvalue weighted by atomic mass is 16.5. The van der Waals surface area contributed by atoms with Crippen LogP contribution < -0.4 is 11.3 Å². The highest BCUT2D eigenvalue weighted by Crippen LogP contribution is 2.22. The van der Waals surface area contributed by atoms with E-state index >= 15 is 0 Å². The van der Waals surface area contributed by atoms with Crippen LogP contribution in [0.15, 0.2) is 18.2 Å². The van der Waals surface area contributed by atoms with E-state index in [0.717, 1.165) is 26.1 Å². The average molecular weight is 236 g/mol. The molecule has 1 rings (SSSR count). The van der Waals surface area contributed by atoms with E-state index in [4.69, 9.17) is 10.6 Å². The lowest BCUT2D eigenvalue weighted by molar-refractivity contribution is 0.141. The van der Waals surface area contributed by atoms with Crippen LogP contribution in [-0.4, -0.2) is 13.2 Å². The molecule has 0 amide bonds. The van der Waals surface area contributed by atoms with Gasteiger partial charge in [0.05, 0.1) is 0 Å². The van der Waals surface area contributed by atoms with Gasteiger partial charge in [0.15, 0.2) is 0 Å². The van der Waals surface area contributed by atoms with Crippen LogP contribution in [-0.2, 0) is 4.74 Å². The molecule has 1 aromatic carbocycles. The zero-order valence-electron chi connectivity index (χ0n) is 11.1. The third-order valence-corrected chi connectivity index (χ3v) is 3.00. The largest absolute Gasteiger partial charge is 0.382 e. The van der Waals surface area contributed by atoms with Crippen LogP contribution in [0.5, 0.6) is 0 Å². The van der Waals surface area contributed by atoms with Gasteiger partial charge in [0, 0.05) is 19.3 Å². The minimum atomic E-state index is 0.218. The number of benzene rings is 1. The minimum Gasteiger partial charge on any atom is -0.382 e. The third kappa shape index (κ3) is 4.46. The number of hydrazine groups is 1. The molecule has 0 aliphatic heterocycles. The molecule has 3 N–H and O–H groups in total. The van der Waals surface area contributed by atoms with Crippen LogP contribution in [0.1, 0.15) is 42.5 Å². The molecule has 0 spiro atoms. The fourth-order valence-corrected chi connectivity index (χ4v) is 2.00. The van der Waals surface area contributed by atoms with Crippen molar-refractivity contribution >= 4 is 0 Å². The van der Waals surface area contributed by atoms with Crippen molar-refractivity contribution in [3.8, 4) is 0 Å². The fraction of sp³-hybridized carbons (Fsp3) is 0.571. The van der Waals surface area contributed by atoms with E-state index in [9.17, 15) is 0 Å². The monoisotopic (exact) mass is 236 g/mol. The molecule has 1 aromatic rings. The Balaban J connectivity index is 2.62. The van der Waals surface area contributed by atoms with Crippen molar-refractivity contribution in [1.82, 2.24) is 5.43 Å². The summed E-state index contributed by atoms with van der Waals surface area (Å²) in [5.74, 6) is 5.65. The Bertz CT molecular complexity index is 339. The Labute approximate surface area is 104 Å². The molecule has 0 heterocycles. The quantitative estimate of drug-likeness (QED) is 0.434. The van der Waals surface area contributed by atoms with Crippen LogP contribution >= 0.6 is 0 Å². The van der Waals surface area contributed by atoms with Crippen molar-refractivity contribution in [2.75, 3.05) is 13.2 Å². The predicted molar refractivity (Wildman–Crippen MR) is 71.7 cm³/mol. The molecule has 0 saturated heterocycles. The molecule has 0 bridgehead atoms. The SMILES string of the molecule is CCOCCCC(NN)c1cc(C)ccc1C. The van der Waals surface area contributed by atoms with E-state index in [1.54, 1.807) is 0 Å². The van der Waals surface area contributed by atoms with E-state index < -0.39 is 0 Å². The van der Waals surface area contributed by atoms with Gasteiger partial charge in [-0.15, -0.1) is 0 Å². The van der Waals surface area contributed by atoms with Crippen LogP contribution in [0.2, 0.25) is 0 Å². The maximum Gasteiger partial charge on any atom is 0.0466 e. The topological polar surface area (TPSA) is 47.3 Å². The molecular weight excluding hydrogens is 212 g/mol. The van der Waals surface area contributed by atoms with Gasteiger partial charge in [-0.2, -0.15) is 0 Å². The Morgan fingerprint density at radius 1 is 1.35 bits per heavy atom. The van der Waals surface area contributed by atoms with Crippen molar-refractivity contribution < 1.29 is 4.74 Å². The second-order valence-corrected chi connectivity index (χ2v) is 4.42. The van der Waals surface area contributed by atoms with Crippen molar-refractivity contribution in [1.29, 1.82) is 0 Å². The standard InChI is InChI=1S/C14H24N2O/c1-4-17-9-5-6-14(16-15)13-10-11(2)7-8-12(13)3/h7-8,10,14,16H,4-6,9,15H2,1-3H3. The fourth-order valence-electron chi connectivity index (χ4n) is 2.00. The first kappa shape index (κ1) is 14.2. The molecule has 1 unspecified atom stereocenters. The lowest BCUT2D eigenvalue weighted by Crippen LogP contribution is -2.28. The summed E-state index contributed by atoms with van der Waals surface area (Å²) in [6, 6.07) is 6.71. The van der Waals surface area contributed by atoms with Crippen molar-refractivity contribution in [3.63, 3.8) is 0 Å². The van der Waals surface area contributed by atoms with Crippen LogP contribution in [0.4, 0.5) is 0 Å². The molecule has 3 nitrogen and oxygen atoms in total. The Morgan fingerprint density at radius 3 is 2.76 bits per heavy atom. The number of hydrogen-bond acceptors (Lipinski definition) is 3. The summed E-state index contributed by atoms with van der Waals surface area (Å²) in [7, 11) is 0. The molecule has 3 heteroatoms. The first-order chi connectivity index (χ1) is 8.19. The molecule has 96 valence electrons. The van der Waals surface area contributed by atoms with Gasteiger partial charge < -0.3 is 4.74 Å². The number of hydrogen-bond donors (Lipinski definition) is 2. The van der Waals surface area contributed by atoms with E-state index in [1.807, 2.05) is 6.92 Å². The summed E-state index contributed by atoms with van der Waals surface area (Å²) in [5.41, 5.74) is 6.76. The van der Waals surface area contributed by atoms with Crippen LogP contribution in [0.3, 0.4) is 0 Å². The van der Waals surface area contributed by atoms with Gasteiger partial charge in [-0.3, -0.25) is 11.3 Å². The molecule has 0 radical (unpaired) electrons. The van der Waals surface area contributed by atoms with Crippen molar-refractivity contribution in [2.24, 2.45) is 5.84 Å². The van der Waals surface area contributed by atoms with E-state index in [2.05, 4.69) is 37.5 Å². The zero-order chi connectivity index (χ0) is 12.7. The smallest absolute Gasteiger partial charge is 0.0466 e. The zero-order valence-corrected chi connectivity index (χ0v) is 11.1. The second-order valence-electron chi connectivity index (χ2n) is 4.42. The number of aryl methyl sites for hydroxylation is 2. The van der Waals surface area contributed by atoms with Crippen LogP contribution in [0.25, 0.3) is 0 Å². The Kier molecular flexibility index (Phi) is 6.19. The summed E-state index contributed by atoms with van der Waals surface area (Å²) < 4.78 is 5.35. The van der Waals surface area contributed by atoms with Crippen LogP contribution in [0, 0.1) is 13.8 Å². The number of ether oxygens (including phenoxy) is 1. The van der Waals surface area contributed by atoms with Gasteiger partial charge in [0.25, 0.3) is 0 Å². The highest BCUT2D eigenvalue weighted by Gasteiger charge is 2.11. The lowest BCUT2D eigenvalue weighted by Gasteiger charge is -2.19. The normalized spacial score (nSPS) is 12.7. The molecule has 17 heavy (non-hydrogen) atoms. The molecule has 0 aromatic heterocycles. The van der Waals surface area contributed by atoms with Gasteiger partial charge >= 0.3 is 0 Å². The number of rotatable bonds is 7. The molecule has 0 saturated carbocycles. The lowest BCUT2D eigenvalue weighted by atomic mass is 9.96. The summed E-state index contributed by atoms with van der Waals surface area (Å²) in [6.45, 7) is 7.84. The maximum absolute atomic E-state index is 5.65. The number of nitrogens with two attached hydrogens (primary N) is 1. The Morgan fingerprint density at radius 2 is 2.12 bits per heavy atom. The summed E-state index contributed by atoms with van der Waals surface area (Å²) in [6.07, 6.45) is 2.02. The van der Waals surface area contributed by atoms with Gasteiger partial charge in [-0.25, -0.2) is 0 Å². The number of nitrogens with one attached hydrogen (secondary N) is 1. The molecule has 0 aliphatic carbocycles.